The van der Waals surface area contributed by atoms with Gasteiger partial charge in [-0.2, -0.15) is 5.10 Å². The van der Waals surface area contributed by atoms with E-state index in [0.29, 0.717) is 11.0 Å². The Labute approximate surface area is 137 Å². The second kappa shape index (κ2) is 7.71. The van der Waals surface area contributed by atoms with Crippen LogP contribution in [-0.2, 0) is 0 Å². The largest absolute Gasteiger partial charge is 0.331 e. The lowest BCUT2D eigenvalue weighted by molar-refractivity contribution is 0.867. The highest BCUT2D eigenvalue weighted by molar-refractivity contribution is 7.80. The molecule has 114 valence electrons. The van der Waals surface area contributed by atoms with Crippen molar-refractivity contribution in [3.63, 3.8) is 0 Å². The zero-order valence-corrected chi connectivity index (χ0v) is 13.9. The molecule has 0 aliphatic rings. The molecule has 0 bridgehead atoms. The summed E-state index contributed by atoms with van der Waals surface area (Å²) in [4.78, 5) is 0. The Kier molecular flexibility index (Phi) is 5.67. The third kappa shape index (κ3) is 4.67. The van der Waals surface area contributed by atoms with Crippen molar-refractivity contribution in [2.24, 2.45) is 5.10 Å². The molecule has 22 heavy (non-hydrogen) atoms. The molecule has 0 amide bonds. The van der Waals surface area contributed by atoms with Gasteiger partial charge in [0.25, 0.3) is 0 Å². The van der Waals surface area contributed by atoms with Crippen LogP contribution in [0, 0.1) is 0 Å². The quantitative estimate of drug-likeness (QED) is 0.495. The first-order valence-electron chi connectivity index (χ1n) is 7.33. The van der Waals surface area contributed by atoms with Crippen LogP contribution in [0.5, 0.6) is 0 Å². The maximum absolute atomic E-state index is 5.26. The highest BCUT2D eigenvalue weighted by Gasteiger charge is 2.01. The summed E-state index contributed by atoms with van der Waals surface area (Å²) in [6.45, 7) is 6.30. The highest BCUT2D eigenvalue weighted by atomic mass is 32.1. The fourth-order valence-corrected chi connectivity index (χ4v) is 2.15. The Morgan fingerprint density at radius 1 is 1.00 bits per heavy atom. The number of nitrogens with one attached hydrogen (secondary N) is 2. The van der Waals surface area contributed by atoms with E-state index in [1.54, 1.807) is 0 Å². The number of anilines is 1. The van der Waals surface area contributed by atoms with Crippen molar-refractivity contribution in [3.8, 4) is 0 Å². The van der Waals surface area contributed by atoms with Gasteiger partial charge in [0.05, 0.1) is 5.71 Å². The lowest BCUT2D eigenvalue weighted by atomic mass is 10.0. The van der Waals surface area contributed by atoms with Gasteiger partial charge in [0.15, 0.2) is 5.11 Å². The van der Waals surface area contributed by atoms with E-state index in [1.165, 1.54) is 5.56 Å². The SMILES string of the molecule is C/C(=N\NC(=S)Nc1ccc(C(C)C)cc1)c1ccccc1. The molecule has 0 saturated carbocycles. The minimum atomic E-state index is 0.479. The van der Waals surface area contributed by atoms with Gasteiger partial charge in [-0.1, -0.05) is 56.3 Å². The maximum Gasteiger partial charge on any atom is 0.191 e. The normalized spacial score (nSPS) is 11.4. The zero-order valence-electron chi connectivity index (χ0n) is 13.1. The molecule has 0 aromatic heterocycles. The van der Waals surface area contributed by atoms with Crippen LogP contribution in [0.3, 0.4) is 0 Å². The van der Waals surface area contributed by atoms with Gasteiger partial charge in [0, 0.05) is 5.69 Å². The van der Waals surface area contributed by atoms with Crippen LogP contribution in [0.15, 0.2) is 59.7 Å². The summed E-state index contributed by atoms with van der Waals surface area (Å²) in [6.07, 6.45) is 0. The van der Waals surface area contributed by atoms with Crippen LogP contribution in [0.2, 0.25) is 0 Å². The van der Waals surface area contributed by atoms with Crippen molar-refractivity contribution in [3.05, 3.63) is 65.7 Å². The zero-order chi connectivity index (χ0) is 15.9. The van der Waals surface area contributed by atoms with Gasteiger partial charge in [-0.25, -0.2) is 0 Å². The third-order valence-corrected chi connectivity index (χ3v) is 3.55. The molecule has 0 radical (unpaired) electrons. The predicted octanol–water partition coefficient (Wildman–Crippen LogP) is 4.52. The van der Waals surface area contributed by atoms with Crippen molar-refractivity contribution < 1.29 is 0 Å². The molecular formula is C18H21N3S. The Bertz CT molecular complexity index is 646. The lowest BCUT2D eigenvalue weighted by Crippen LogP contribution is -2.24. The summed E-state index contributed by atoms with van der Waals surface area (Å²) in [5, 5.41) is 7.91. The van der Waals surface area contributed by atoms with Gasteiger partial charge >= 0.3 is 0 Å². The smallest absolute Gasteiger partial charge is 0.191 e. The topological polar surface area (TPSA) is 36.4 Å². The second-order valence-corrected chi connectivity index (χ2v) is 5.81. The number of hydrogen-bond donors (Lipinski definition) is 2. The molecule has 2 rings (SSSR count). The second-order valence-electron chi connectivity index (χ2n) is 5.41. The molecule has 0 atom stereocenters. The number of hydrazone groups is 1. The monoisotopic (exact) mass is 311 g/mol. The molecule has 0 aliphatic carbocycles. The van der Waals surface area contributed by atoms with Crippen molar-refractivity contribution >= 4 is 28.7 Å². The van der Waals surface area contributed by atoms with Gasteiger partial charge in [-0.3, -0.25) is 5.43 Å². The van der Waals surface area contributed by atoms with Crippen molar-refractivity contribution in [1.82, 2.24) is 5.43 Å². The van der Waals surface area contributed by atoms with Gasteiger partial charge in [0.1, 0.15) is 0 Å². The predicted molar refractivity (Wildman–Crippen MR) is 98.5 cm³/mol. The molecule has 0 spiro atoms. The molecule has 3 nitrogen and oxygen atoms in total. The van der Waals surface area contributed by atoms with Crippen LogP contribution in [0.25, 0.3) is 0 Å². The van der Waals surface area contributed by atoms with E-state index in [-0.39, 0.29) is 0 Å². The average Bonchev–Trinajstić information content (AvgIpc) is 2.54. The van der Waals surface area contributed by atoms with Crippen LogP contribution in [0.1, 0.15) is 37.8 Å². The standard InChI is InChI=1S/C18H21N3S/c1-13(2)15-9-11-17(12-10-15)19-18(22)21-20-14(3)16-7-5-4-6-8-16/h4-13H,1-3H3,(H2,19,21,22)/b20-14+. The van der Waals surface area contributed by atoms with Gasteiger partial charge in [-0.05, 0) is 48.3 Å². The molecule has 2 aromatic carbocycles. The van der Waals surface area contributed by atoms with Gasteiger partial charge < -0.3 is 5.32 Å². The summed E-state index contributed by atoms with van der Waals surface area (Å²) in [5.41, 5.74) is 7.09. The van der Waals surface area contributed by atoms with Gasteiger partial charge in [0.2, 0.25) is 0 Å². The molecule has 0 unspecified atom stereocenters. The number of benzene rings is 2. The summed E-state index contributed by atoms with van der Waals surface area (Å²) in [6, 6.07) is 18.2. The van der Waals surface area contributed by atoms with Crippen LogP contribution >= 0.6 is 12.2 Å². The first-order chi connectivity index (χ1) is 10.6. The average molecular weight is 311 g/mol. The van der Waals surface area contributed by atoms with E-state index < -0.39 is 0 Å². The van der Waals surface area contributed by atoms with E-state index in [1.807, 2.05) is 49.4 Å². The first kappa shape index (κ1) is 16.2. The molecular weight excluding hydrogens is 290 g/mol. The molecule has 4 heteroatoms. The molecule has 0 aliphatic heterocycles. The fraction of sp³-hybridized carbons (Fsp3) is 0.222. The van der Waals surface area contributed by atoms with Gasteiger partial charge in [-0.15, -0.1) is 0 Å². The molecule has 0 saturated heterocycles. The Balaban J connectivity index is 1.93. The van der Waals surface area contributed by atoms with Crippen molar-refractivity contribution in [1.29, 1.82) is 0 Å². The van der Waals surface area contributed by atoms with Crippen LogP contribution < -0.4 is 10.7 Å². The minimum Gasteiger partial charge on any atom is -0.331 e. The molecule has 0 heterocycles. The van der Waals surface area contributed by atoms with E-state index in [9.17, 15) is 0 Å². The first-order valence-corrected chi connectivity index (χ1v) is 7.74. The summed E-state index contributed by atoms with van der Waals surface area (Å²) < 4.78 is 0. The lowest BCUT2D eigenvalue weighted by Gasteiger charge is -2.10. The summed E-state index contributed by atoms with van der Waals surface area (Å²) in [7, 11) is 0. The Hall–Kier alpha value is -2.20. The molecule has 2 N–H and O–H groups in total. The number of nitrogens with zero attached hydrogens (tertiary/aromatic N) is 1. The number of rotatable bonds is 4. The number of thiocarbonyl (C=S) groups is 1. The van der Waals surface area contributed by atoms with E-state index in [2.05, 4.69) is 41.8 Å². The Morgan fingerprint density at radius 2 is 1.64 bits per heavy atom. The Morgan fingerprint density at radius 3 is 2.23 bits per heavy atom. The third-order valence-electron chi connectivity index (χ3n) is 3.35. The summed E-state index contributed by atoms with van der Waals surface area (Å²) >= 11 is 5.26. The van der Waals surface area contributed by atoms with E-state index in [0.717, 1.165) is 17.0 Å². The minimum absolute atomic E-state index is 0.479. The maximum atomic E-state index is 5.26. The van der Waals surface area contributed by atoms with E-state index in [4.69, 9.17) is 12.2 Å². The van der Waals surface area contributed by atoms with Crippen LogP contribution in [-0.4, -0.2) is 10.8 Å². The van der Waals surface area contributed by atoms with E-state index >= 15 is 0 Å². The number of hydrogen-bond acceptors (Lipinski definition) is 2. The molecule has 2 aromatic rings. The van der Waals surface area contributed by atoms with Crippen LogP contribution in [0.4, 0.5) is 5.69 Å². The fourth-order valence-electron chi connectivity index (χ4n) is 1.99. The highest BCUT2D eigenvalue weighted by Crippen LogP contribution is 2.16. The summed E-state index contributed by atoms with van der Waals surface area (Å²) in [5.74, 6) is 0.525. The van der Waals surface area contributed by atoms with Crippen molar-refractivity contribution in [2.75, 3.05) is 5.32 Å². The van der Waals surface area contributed by atoms with Crippen molar-refractivity contribution in [2.45, 2.75) is 26.7 Å². The molecule has 0 fully saturated rings.